The largest absolute Gasteiger partial charge is 0.461 e. The highest BCUT2D eigenvalue weighted by Crippen LogP contribution is 2.32. The molecule has 0 spiro atoms. The van der Waals surface area contributed by atoms with Crippen molar-refractivity contribution in [2.75, 3.05) is 13.1 Å². The van der Waals surface area contributed by atoms with Gasteiger partial charge in [0, 0.05) is 30.4 Å². The third kappa shape index (κ3) is 7.68. The van der Waals surface area contributed by atoms with Crippen LogP contribution in [0.25, 0.3) is 22.6 Å². The number of benzene rings is 2. The third-order valence-electron chi connectivity index (χ3n) is 6.39. The average molecular weight is 686 g/mol. The Morgan fingerprint density at radius 1 is 1.17 bits per heavy atom. The van der Waals surface area contributed by atoms with Crippen LogP contribution in [0.4, 0.5) is 9.18 Å². The molecule has 0 radical (unpaired) electrons. The molecule has 1 aromatic heterocycles. The van der Waals surface area contributed by atoms with Crippen molar-refractivity contribution in [1.29, 1.82) is 0 Å². The molecule has 2 aromatic carbocycles. The number of esters is 1. The van der Waals surface area contributed by atoms with Crippen molar-refractivity contribution >= 4 is 49.6 Å². The van der Waals surface area contributed by atoms with Crippen LogP contribution in [0.5, 0.6) is 0 Å². The molecule has 1 atom stereocenters. The number of hydrogen-bond donors (Lipinski definition) is 2. The minimum absolute atomic E-state index is 0.0589. The van der Waals surface area contributed by atoms with Gasteiger partial charge in [-0.2, -0.15) is 4.31 Å². The lowest BCUT2D eigenvalue weighted by Crippen LogP contribution is -2.45. The quantitative estimate of drug-likeness (QED) is 0.296. The van der Waals surface area contributed by atoms with Crippen LogP contribution in [0, 0.1) is 5.82 Å². The highest BCUT2D eigenvalue weighted by atomic mass is 79.9. The van der Waals surface area contributed by atoms with Crippen LogP contribution in [-0.2, 0) is 24.3 Å². The van der Waals surface area contributed by atoms with Gasteiger partial charge in [0.05, 0.1) is 15.2 Å². The molecule has 1 amide bonds. The Balaban J connectivity index is 1.40. The number of carbonyl (C=O) groups excluding carboxylic acids is 2. The number of halogens is 3. The Morgan fingerprint density at radius 2 is 1.83 bits per heavy atom. The number of imidazole rings is 1. The topological polar surface area (TPSA) is 131 Å². The van der Waals surface area contributed by atoms with Crippen LogP contribution in [0.2, 0.25) is 5.02 Å². The molecule has 10 nitrogen and oxygen atoms in total. The summed E-state index contributed by atoms with van der Waals surface area (Å²) in [5.41, 5.74) is 1.01. The maximum absolute atomic E-state index is 13.6. The Labute approximate surface area is 257 Å². The third-order valence-corrected chi connectivity index (χ3v) is 9.37. The first-order valence-corrected chi connectivity index (χ1v) is 15.8. The number of carbonyl (C=O) groups is 2. The summed E-state index contributed by atoms with van der Waals surface area (Å²) in [6.07, 6.45) is 0.947. The van der Waals surface area contributed by atoms with Crippen LogP contribution in [0.1, 0.15) is 40.5 Å². The number of aromatic amines is 1. The second kappa shape index (κ2) is 12.7. The molecular weight excluding hydrogens is 655 g/mol. The van der Waals surface area contributed by atoms with Crippen LogP contribution < -0.4 is 5.32 Å². The van der Waals surface area contributed by atoms with Crippen molar-refractivity contribution in [3.8, 4) is 22.6 Å². The molecule has 2 N–H and O–H groups in total. The molecule has 14 heteroatoms. The monoisotopic (exact) mass is 684 g/mol. The van der Waals surface area contributed by atoms with Gasteiger partial charge >= 0.3 is 12.1 Å². The number of amides is 1. The minimum atomic E-state index is -3.98. The summed E-state index contributed by atoms with van der Waals surface area (Å²) in [5, 5.41) is 2.50. The molecule has 1 aliphatic rings. The van der Waals surface area contributed by atoms with Crippen molar-refractivity contribution in [1.82, 2.24) is 19.6 Å². The van der Waals surface area contributed by atoms with Crippen molar-refractivity contribution < 1.29 is 31.9 Å². The zero-order chi connectivity index (χ0) is 30.8. The van der Waals surface area contributed by atoms with E-state index in [0.29, 0.717) is 27.1 Å². The summed E-state index contributed by atoms with van der Waals surface area (Å²) in [6.45, 7) is 6.84. The van der Waals surface area contributed by atoms with E-state index in [1.807, 2.05) is 0 Å². The van der Waals surface area contributed by atoms with Crippen molar-refractivity contribution in [2.45, 2.75) is 63.2 Å². The van der Waals surface area contributed by atoms with E-state index in [9.17, 15) is 22.4 Å². The first-order chi connectivity index (χ1) is 19.6. The van der Waals surface area contributed by atoms with Gasteiger partial charge in [0.15, 0.2) is 0 Å². The number of sulfonamides is 1. The normalized spacial score (nSPS) is 15.7. The van der Waals surface area contributed by atoms with Gasteiger partial charge in [-0.1, -0.05) is 11.6 Å². The van der Waals surface area contributed by atoms with E-state index >= 15 is 0 Å². The number of aromatic nitrogens is 2. The van der Waals surface area contributed by atoms with E-state index in [2.05, 4.69) is 31.2 Å². The van der Waals surface area contributed by atoms with E-state index in [1.165, 1.54) is 29.4 Å². The summed E-state index contributed by atoms with van der Waals surface area (Å²) >= 11 is 9.51. The van der Waals surface area contributed by atoms with E-state index in [-0.39, 0.29) is 35.8 Å². The molecule has 1 fully saturated rings. The van der Waals surface area contributed by atoms with Gasteiger partial charge in [0.25, 0.3) is 0 Å². The van der Waals surface area contributed by atoms with Crippen LogP contribution in [-0.4, -0.2) is 65.6 Å². The molecule has 226 valence electrons. The molecule has 3 aromatic rings. The molecular formula is C28H31BrClFN4O6S. The standard InChI is InChI=1S/C28H31BrClFN4O6S/c1-16(33-27(37)41-28(2,3)4)26(36)40-19-9-11-35(12-10-19)42(38,39)24-14-18(5-7-21(24)30)25-32-15-23(34-25)17-6-8-22(31)20(29)13-17/h5-8,13-16,19H,9-12H2,1-4H3,(H,32,34)(H,33,37)/t16-/m0/s1. The average Bonchev–Trinajstić information content (AvgIpc) is 3.40. The van der Waals surface area contributed by atoms with Crippen molar-refractivity contribution in [3.05, 3.63) is 57.9 Å². The Bertz CT molecular complexity index is 1590. The van der Waals surface area contributed by atoms with E-state index < -0.39 is 45.6 Å². The molecule has 1 aliphatic heterocycles. The van der Waals surface area contributed by atoms with Crippen molar-refractivity contribution in [3.63, 3.8) is 0 Å². The summed E-state index contributed by atoms with van der Waals surface area (Å²) in [6, 6.07) is 8.19. The predicted octanol–water partition coefficient (Wildman–Crippen LogP) is 5.91. The molecule has 1 saturated heterocycles. The van der Waals surface area contributed by atoms with E-state index in [0.717, 1.165) is 0 Å². The first kappa shape index (κ1) is 31.9. The second-order valence-corrected chi connectivity index (χ2v) is 14.0. The predicted molar refractivity (Wildman–Crippen MR) is 159 cm³/mol. The minimum Gasteiger partial charge on any atom is -0.461 e. The highest BCUT2D eigenvalue weighted by molar-refractivity contribution is 9.10. The number of nitrogens with zero attached hydrogens (tertiary/aromatic N) is 2. The Morgan fingerprint density at radius 3 is 2.48 bits per heavy atom. The molecule has 42 heavy (non-hydrogen) atoms. The molecule has 0 unspecified atom stereocenters. The van der Waals surface area contributed by atoms with Gasteiger partial charge in [-0.15, -0.1) is 0 Å². The molecule has 4 rings (SSSR count). The number of ether oxygens (including phenoxy) is 2. The fraction of sp³-hybridized carbons (Fsp3) is 0.393. The van der Waals surface area contributed by atoms with Gasteiger partial charge in [0.1, 0.15) is 34.3 Å². The lowest BCUT2D eigenvalue weighted by atomic mass is 10.1. The molecule has 0 aliphatic carbocycles. The lowest BCUT2D eigenvalue weighted by molar-refractivity contribution is -0.152. The number of nitrogens with one attached hydrogen (secondary N) is 2. The maximum atomic E-state index is 13.6. The number of alkyl carbamates (subject to hydrolysis) is 1. The Hall–Kier alpha value is -3.00. The summed E-state index contributed by atoms with van der Waals surface area (Å²) in [4.78, 5) is 31.9. The Kier molecular flexibility index (Phi) is 9.65. The van der Waals surface area contributed by atoms with Crippen LogP contribution >= 0.6 is 27.5 Å². The highest BCUT2D eigenvalue weighted by Gasteiger charge is 2.33. The van der Waals surface area contributed by atoms with Gasteiger partial charge in [-0.25, -0.2) is 27.4 Å². The van der Waals surface area contributed by atoms with E-state index in [1.54, 1.807) is 45.2 Å². The fourth-order valence-corrected chi connectivity index (χ4v) is 6.61. The summed E-state index contributed by atoms with van der Waals surface area (Å²) in [7, 11) is -3.98. The van der Waals surface area contributed by atoms with E-state index in [4.69, 9.17) is 21.1 Å². The lowest BCUT2D eigenvalue weighted by Gasteiger charge is -2.31. The zero-order valence-corrected chi connectivity index (χ0v) is 26.6. The van der Waals surface area contributed by atoms with Gasteiger partial charge in [-0.3, -0.25) is 0 Å². The SMILES string of the molecule is C[C@H](NC(=O)OC(C)(C)C)C(=O)OC1CCN(S(=O)(=O)c2cc(-c3nc(-c4ccc(F)c(Br)c4)c[nH]3)ccc2Cl)CC1. The van der Waals surface area contributed by atoms with Crippen LogP contribution in [0.15, 0.2) is 52.0 Å². The van der Waals surface area contributed by atoms with Gasteiger partial charge in [-0.05, 0) is 92.9 Å². The molecule has 0 bridgehead atoms. The second-order valence-electron chi connectivity index (χ2n) is 10.8. The molecule has 0 saturated carbocycles. The maximum Gasteiger partial charge on any atom is 0.408 e. The fourth-order valence-electron chi connectivity index (χ4n) is 4.26. The van der Waals surface area contributed by atoms with Crippen LogP contribution in [0.3, 0.4) is 0 Å². The first-order valence-electron chi connectivity index (χ1n) is 13.1. The number of rotatable bonds is 7. The summed E-state index contributed by atoms with van der Waals surface area (Å²) in [5.74, 6) is -0.615. The number of hydrogen-bond acceptors (Lipinski definition) is 7. The van der Waals surface area contributed by atoms with Gasteiger partial charge in [0.2, 0.25) is 10.0 Å². The number of piperidine rings is 1. The zero-order valence-electron chi connectivity index (χ0n) is 23.4. The summed E-state index contributed by atoms with van der Waals surface area (Å²) < 4.78 is 53.0. The smallest absolute Gasteiger partial charge is 0.408 e. The van der Waals surface area contributed by atoms with Gasteiger partial charge < -0.3 is 19.8 Å². The molecule has 2 heterocycles. The number of H-pyrrole nitrogens is 1. The van der Waals surface area contributed by atoms with Crippen molar-refractivity contribution in [2.24, 2.45) is 0 Å².